The van der Waals surface area contributed by atoms with Gasteiger partial charge in [-0.2, -0.15) is 0 Å². The third-order valence-corrected chi connectivity index (χ3v) is 3.17. The van der Waals surface area contributed by atoms with Gasteiger partial charge in [0.05, 0.1) is 17.7 Å². The van der Waals surface area contributed by atoms with Crippen LogP contribution >= 0.6 is 23.6 Å². The van der Waals surface area contributed by atoms with Crippen LogP contribution in [0, 0.1) is 0 Å². The number of pyridine rings is 1. The van der Waals surface area contributed by atoms with Gasteiger partial charge in [0.25, 0.3) is 0 Å². The number of thiazole rings is 1. The summed E-state index contributed by atoms with van der Waals surface area (Å²) in [5.41, 5.74) is 9.27. The zero-order valence-electron chi connectivity index (χ0n) is 9.33. The fourth-order valence-electron chi connectivity index (χ4n) is 1.42. The molecule has 0 aliphatic rings. The number of nitrogens with zero attached hydrogens (tertiary/aromatic N) is 3. The predicted octanol–water partition coefficient (Wildman–Crippen LogP) is 1.81. The Morgan fingerprint density at radius 1 is 1.53 bits per heavy atom. The fourth-order valence-corrected chi connectivity index (χ4v) is 2.10. The summed E-state index contributed by atoms with van der Waals surface area (Å²) in [7, 11) is 1.96. The first kappa shape index (κ1) is 11.9. The third kappa shape index (κ3) is 2.98. The van der Waals surface area contributed by atoms with Crippen LogP contribution in [-0.4, -0.2) is 22.0 Å². The van der Waals surface area contributed by atoms with Crippen molar-refractivity contribution in [1.29, 1.82) is 0 Å². The molecular formula is C11H12N4S2. The van der Waals surface area contributed by atoms with Gasteiger partial charge >= 0.3 is 0 Å². The van der Waals surface area contributed by atoms with Crippen molar-refractivity contribution in [1.82, 2.24) is 9.97 Å². The highest BCUT2D eigenvalue weighted by Crippen LogP contribution is 2.14. The van der Waals surface area contributed by atoms with Crippen molar-refractivity contribution in [2.24, 2.45) is 5.73 Å². The second-order valence-corrected chi connectivity index (χ2v) is 4.76. The Kier molecular flexibility index (Phi) is 3.65. The summed E-state index contributed by atoms with van der Waals surface area (Å²) in [6, 6.07) is 3.69. The zero-order chi connectivity index (χ0) is 12.3. The van der Waals surface area contributed by atoms with Crippen LogP contribution in [0.4, 0.5) is 5.82 Å². The lowest BCUT2D eigenvalue weighted by atomic mass is 10.2. The highest BCUT2D eigenvalue weighted by molar-refractivity contribution is 7.80. The van der Waals surface area contributed by atoms with Crippen molar-refractivity contribution in [3.8, 4) is 0 Å². The minimum Gasteiger partial charge on any atom is -0.389 e. The quantitative estimate of drug-likeness (QED) is 0.854. The van der Waals surface area contributed by atoms with E-state index < -0.39 is 0 Å². The maximum absolute atomic E-state index is 5.59. The van der Waals surface area contributed by atoms with Gasteiger partial charge in [-0.25, -0.2) is 9.97 Å². The lowest BCUT2D eigenvalue weighted by molar-refractivity contribution is 0.874. The third-order valence-electron chi connectivity index (χ3n) is 2.30. The Labute approximate surface area is 109 Å². The molecule has 0 saturated carbocycles. The molecule has 0 amide bonds. The van der Waals surface area contributed by atoms with Crippen molar-refractivity contribution in [3.05, 3.63) is 40.5 Å². The molecule has 4 nitrogen and oxygen atoms in total. The van der Waals surface area contributed by atoms with E-state index in [9.17, 15) is 0 Å². The number of hydrogen-bond acceptors (Lipinski definition) is 5. The first-order chi connectivity index (χ1) is 8.16. The molecular weight excluding hydrogens is 252 g/mol. The van der Waals surface area contributed by atoms with Gasteiger partial charge in [0.2, 0.25) is 0 Å². The smallest absolute Gasteiger partial charge is 0.129 e. The van der Waals surface area contributed by atoms with Gasteiger partial charge in [-0.1, -0.05) is 12.2 Å². The van der Waals surface area contributed by atoms with Gasteiger partial charge in [0.15, 0.2) is 0 Å². The summed E-state index contributed by atoms with van der Waals surface area (Å²) >= 11 is 6.53. The van der Waals surface area contributed by atoms with Gasteiger partial charge < -0.3 is 10.6 Å². The zero-order valence-corrected chi connectivity index (χ0v) is 11.0. The van der Waals surface area contributed by atoms with Gasteiger partial charge in [0.1, 0.15) is 10.8 Å². The molecule has 0 aliphatic carbocycles. The SMILES string of the molecule is CN(Cc1cscn1)c1cc(C(N)=S)ccn1. The molecule has 0 aliphatic heterocycles. The Hall–Kier alpha value is -1.53. The van der Waals surface area contributed by atoms with Crippen LogP contribution in [0.1, 0.15) is 11.3 Å². The molecule has 2 aromatic heterocycles. The molecule has 0 bridgehead atoms. The summed E-state index contributed by atoms with van der Waals surface area (Å²) in [6.07, 6.45) is 1.71. The maximum Gasteiger partial charge on any atom is 0.129 e. The number of aromatic nitrogens is 2. The van der Waals surface area contributed by atoms with Gasteiger partial charge in [-0.3, -0.25) is 0 Å². The molecule has 2 N–H and O–H groups in total. The molecule has 0 aromatic carbocycles. The Morgan fingerprint density at radius 3 is 3.00 bits per heavy atom. The van der Waals surface area contributed by atoms with Crippen LogP contribution in [0.15, 0.2) is 29.2 Å². The lowest BCUT2D eigenvalue weighted by Gasteiger charge is -2.17. The first-order valence-corrected chi connectivity index (χ1v) is 6.36. The van der Waals surface area contributed by atoms with Crippen LogP contribution < -0.4 is 10.6 Å². The van der Waals surface area contributed by atoms with E-state index in [0.717, 1.165) is 23.6 Å². The first-order valence-electron chi connectivity index (χ1n) is 5.01. The minimum absolute atomic E-state index is 0.385. The van der Waals surface area contributed by atoms with Gasteiger partial charge in [-0.05, 0) is 12.1 Å². The molecule has 0 fully saturated rings. The Bertz CT molecular complexity index is 510. The highest BCUT2D eigenvalue weighted by atomic mass is 32.1. The average Bonchev–Trinajstić information content (AvgIpc) is 2.82. The molecule has 2 rings (SSSR count). The van der Waals surface area contributed by atoms with Crippen LogP contribution in [-0.2, 0) is 6.54 Å². The van der Waals surface area contributed by atoms with Crippen LogP contribution in [0.2, 0.25) is 0 Å². The fraction of sp³-hybridized carbons (Fsp3) is 0.182. The minimum atomic E-state index is 0.385. The number of nitrogens with two attached hydrogens (primary N) is 1. The summed E-state index contributed by atoms with van der Waals surface area (Å²) in [6.45, 7) is 0.720. The van der Waals surface area contributed by atoms with Crippen LogP contribution in [0.3, 0.4) is 0 Å². The average molecular weight is 264 g/mol. The summed E-state index contributed by atoms with van der Waals surface area (Å²) in [5, 5.41) is 2.02. The maximum atomic E-state index is 5.59. The topological polar surface area (TPSA) is 55.0 Å². The molecule has 0 radical (unpaired) electrons. The summed E-state index contributed by atoms with van der Waals surface area (Å²) in [4.78, 5) is 10.9. The molecule has 0 atom stereocenters. The van der Waals surface area contributed by atoms with E-state index in [2.05, 4.69) is 9.97 Å². The molecule has 17 heavy (non-hydrogen) atoms. The normalized spacial score (nSPS) is 10.2. The standard InChI is InChI=1S/C11H12N4S2/c1-15(5-9-6-17-7-14-9)10-4-8(11(12)16)2-3-13-10/h2-4,6-7H,5H2,1H3,(H2,12,16). The van der Waals surface area contributed by atoms with E-state index in [1.54, 1.807) is 17.5 Å². The van der Waals surface area contributed by atoms with E-state index in [-0.39, 0.29) is 0 Å². The largest absolute Gasteiger partial charge is 0.389 e. The lowest BCUT2D eigenvalue weighted by Crippen LogP contribution is -2.19. The molecule has 0 saturated heterocycles. The van der Waals surface area contributed by atoms with E-state index in [0.29, 0.717) is 4.99 Å². The Morgan fingerprint density at radius 2 is 2.35 bits per heavy atom. The van der Waals surface area contributed by atoms with E-state index in [4.69, 9.17) is 18.0 Å². The molecule has 6 heteroatoms. The van der Waals surface area contributed by atoms with Gasteiger partial charge in [0, 0.05) is 24.2 Å². The molecule has 0 unspecified atom stereocenters. The molecule has 2 aromatic rings. The second-order valence-electron chi connectivity index (χ2n) is 3.60. The molecule has 88 valence electrons. The molecule has 2 heterocycles. The van der Waals surface area contributed by atoms with E-state index in [1.165, 1.54) is 0 Å². The second kappa shape index (κ2) is 5.20. The Balaban J connectivity index is 2.16. The van der Waals surface area contributed by atoms with E-state index >= 15 is 0 Å². The summed E-state index contributed by atoms with van der Waals surface area (Å²) < 4.78 is 0. The number of thiocarbonyl (C=S) groups is 1. The highest BCUT2D eigenvalue weighted by Gasteiger charge is 2.06. The van der Waals surface area contributed by atoms with Gasteiger partial charge in [-0.15, -0.1) is 11.3 Å². The summed E-state index contributed by atoms with van der Waals surface area (Å²) in [5.74, 6) is 0.836. The van der Waals surface area contributed by atoms with Crippen molar-refractivity contribution < 1.29 is 0 Å². The van der Waals surface area contributed by atoms with Crippen molar-refractivity contribution in [3.63, 3.8) is 0 Å². The van der Waals surface area contributed by atoms with Crippen molar-refractivity contribution >= 4 is 34.4 Å². The van der Waals surface area contributed by atoms with Crippen LogP contribution in [0.5, 0.6) is 0 Å². The van der Waals surface area contributed by atoms with Crippen LogP contribution in [0.25, 0.3) is 0 Å². The number of anilines is 1. The van der Waals surface area contributed by atoms with Crippen molar-refractivity contribution in [2.45, 2.75) is 6.54 Å². The molecule has 0 spiro atoms. The number of hydrogen-bond donors (Lipinski definition) is 1. The number of rotatable bonds is 4. The van der Waals surface area contributed by atoms with E-state index in [1.807, 2.05) is 35.0 Å². The van der Waals surface area contributed by atoms with Crippen molar-refractivity contribution in [2.75, 3.05) is 11.9 Å². The predicted molar refractivity (Wildman–Crippen MR) is 74.3 cm³/mol. The monoisotopic (exact) mass is 264 g/mol.